The summed E-state index contributed by atoms with van der Waals surface area (Å²) in [5, 5.41) is 6.88. The van der Waals surface area contributed by atoms with E-state index >= 15 is 0 Å². The number of halogens is 2. The number of carbonyl (C=O) groups excluding carboxylic acids is 2. The fraction of sp³-hybridized carbons (Fsp3) is 0.125. The maximum Gasteiger partial charge on any atom is 0.271 e. The number of rotatable bonds is 7. The van der Waals surface area contributed by atoms with Crippen LogP contribution in [0.5, 0.6) is 5.75 Å². The number of aryl methyl sites for hydroxylation is 2. The molecule has 164 valence electrons. The largest absolute Gasteiger partial charge is 0.482 e. The number of nitrogens with one attached hydrogen (secondary N) is 2. The van der Waals surface area contributed by atoms with Gasteiger partial charge in [0, 0.05) is 21.3 Å². The Morgan fingerprint density at radius 3 is 2.50 bits per heavy atom. The lowest BCUT2D eigenvalue weighted by Gasteiger charge is -2.13. The molecule has 8 heteroatoms. The highest BCUT2D eigenvalue weighted by atomic mass is 79.9. The zero-order valence-corrected chi connectivity index (χ0v) is 20.7. The quantitative estimate of drug-likeness (QED) is 0.292. The van der Waals surface area contributed by atoms with E-state index in [0.717, 1.165) is 21.3 Å². The Kier molecular flexibility index (Phi) is 8.19. The van der Waals surface area contributed by atoms with Crippen molar-refractivity contribution in [3.05, 3.63) is 91.9 Å². The van der Waals surface area contributed by atoms with E-state index in [9.17, 15) is 9.59 Å². The molecule has 0 aromatic heterocycles. The number of hydrazone groups is 1. The summed E-state index contributed by atoms with van der Waals surface area (Å²) in [4.78, 5) is 24.6. The van der Waals surface area contributed by atoms with Gasteiger partial charge in [0.15, 0.2) is 6.61 Å². The van der Waals surface area contributed by atoms with Gasteiger partial charge in [0.2, 0.25) is 0 Å². The number of amides is 2. The molecule has 0 aliphatic heterocycles. The molecule has 6 nitrogen and oxygen atoms in total. The van der Waals surface area contributed by atoms with Crippen LogP contribution in [0.1, 0.15) is 27.0 Å². The molecule has 0 saturated heterocycles. The molecule has 0 radical (unpaired) electrons. The van der Waals surface area contributed by atoms with Crippen LogP contribution < -0.4 is 15.5 Å². The summed E-state index contributed by atoms with van der Waals surface area (Å²) in [6.07, 6.45) is 1.47. The van der Waals surface area contributed by atoms with Crippen LogP contribution in [0, 0.1) is 13.8 Å². The number of ether oxygens (including phenoxy) is 1. The minimum Gasteiger partial charge on any atom is -0.482 e. The van der Waals surface area contributed by atoms with Crippen LogP contribution >= 0.6 is 31.9 Å². The van der Waals surface area contributed by atoms with Crippen LogP contribution in [-0.4, -0.2) is 24.6 Å². The fourth-order valence-corrected chi connectivity index (χ4v) is 4.29. The van der Waals surface area contributed by atoms with Gasteiger partial charge in [0.25, 0.3) is 11.8 Å². The van der Waals surface area contributed by atoms with Gasteiger partial charge in [0.1, 0.15) is 5.75 Å². The van der Waals surface area contributed by atoms with Crippen LogP contribution in [0.4, 0.5) is 5.69 Å². The number of nitrogens with zero attached hydrogens (tertiary/aromatic N) is 1. The van der Waals surface area contributed by atoms with Crippen molar-refractivity contribution >= 4 is 55.6 Å². The lowest BCUT2D eigenvalue weighted by molar-refractivity contribution is -0.118. The maximum atomic E-state index is 12.4. The topological polar surface area (TPSA) is 79.8 Å². The first kappa shape index (κ1) is 23.7. The first-order valence-corrected chi connectivity index (χ1v) is 11.3. The third-order valence-electron chi connectivity index (χ3n) is 4.45. The molecule has 32 heavy (non-hydrogen) atoms. The molecule has 0 unspecified atom stereocenters. The number of benzene rings is 3. The van der Waals surface area contributed by atoms with E-state index in [2.05, 4.69) is 47.7 Å². The second kappa shape index (κ2) is 11.1. The molecule has 0 saturated carbocycles. The monoisotopic (exact) mass is 557 g/mol. The minimum atomic E-state index is -0.328. The van der Waals surface area contributed by atoms with Crippen molar-refractivity contribution in [2.24, 2.45) is 5.10 Å². The summed E-state index contributed by atoms with van der Waals surface area (Å²) in [7, 11) is 0. The Morgan fingerprint density at radius 2 is 1.78 bits per heavy atom. The molecule has 3 aromatic carbocycles. The van der Waals surface area contributed by atoms with Gasteiger partial charge in [-0.05, 0) is 65.7 Å². The van der Waals surface area contributed by atoms with Gasteiger partial charge in [-0.2, -0.15) is 5.10 Å². The summed E-state index contributed by atoms with van der Waals surface area (Å²) in [6, 6.07) is 18.2. The standard InChI is InChI=1S/C24H21Br2N3O3/c1-15-8-9-21(16(2)10-15)28-22(30)14-32-23-18(11-19(25)12-20(23)26)13-27-29-24(31)17-6-4-3-5-7-17/h3-13H,14H2,1-2H3,(H,28,30)(H,29,31)/b27-13+. The number of hydrogen-bond donors (Lipinski definition) is 2. The van der Waals surface area contributed by atoms with E-state index < -0.39 is 0 Å². The molecule has 0 atom stereocenters. The summed E-state index contributed by atoms with van der Waals surface area (Å²) >= 11 is 6.89. The smallest absolute Gasteiger partial charge is 0.271 e. The predicted octanol–water partition coefficient (Wildman–Crippen LogP) is 5.61. The molecule has 2 amide bonds. The molecule has 0 aliphatic rings. The Morgan fingerprint density at radius 1 is 1.03 bits per heavy atom. The van der Waals surface area contributed by atoms with Gasteiger partial charge in [-0.3, -0.25) is 9.59 Å². The van der Waals surface area contributed by atoms with Crippen molar-refractivity contribution in [1.82, 2.24) is 5.43 Å². The van der Waals surface area contributed by atoms with Crippen molar-refractivity contribution in [2.45, 2.75) is 13.8 Å². The average Bonchev–Trinajstić information content (AvgIpc) is 2.75. The van der Waals surface area contributed by atoms with Crippen molar-refractivity contribution in [3.63, 3.8) is 0 Å². The van der Waals surface area contributed by atoms with E-state index in [1.807, 2.05) is 38.1 Å². The molecular weight excluding hydrogens is 538 g/mol. The minimum absolute atomic E-state index is 0.190. The second-order valence-electron chi connectivity index (χ2n) is 7.03. The molecule has 3 rings (SSSR count). The van der Waals surface area contributed by atoms with E-state index in [0.29, 0.717) is 21.3 Å². The SMILES string of the molecule is Cc1ccc(NC(=O)COc2c(Br)cc(Br)cc2/C=N/NC(=O)c2ccccc2)c(C)c1. The van der Waals surface area contributed by atoms with Gasteiger partial charge in [-0.15, -0.1) is 0 Å². The highest BCUT2D eigenvalue weighted by molar-refractivity contribution is 9.11. The van der Waals surface area contributed by atoms with Crippen molar-refractivity contribution in [1.29, 1.82) is 0 Å². The normalized spacial score (nSPS) is 10.8. The number of anilines is 1. The van der Waals surface area contributed by atoms with E-state index in [-0.39, 0.29) is 18.4 Å². The number of carbonyl (C=O) groups is 2. The van der Waals surface area contributed by atoms with Gasteiger partial charge in [0.05, 0.1) is 10.7 Å². The van der Waals surface area contributed by atoms with Crippen molar-refractivity contribution in [2.75, 3.05) is 11.9 Å². The van der Waals surface area contributed by atoms with Gasteiger partial charge in [-0.25, -0.2) is 5.43 Å². The van der Waals surface area contributed by atoms with Crippen LogP contribution in [-0.2, 0) is 4.79 Å². The molecule has 0 spiro atoms. The Labute approximate surface area is 203 Å². The summed E-state index contributed by atoms with van der Waals surface area (Å²) in [5.74, 6) is -0.181. The van der Waals surface area contributed by atoms with E-state index in [4.69, 9.17) is 4.74 Å². The summed E-state index contributed by atoms with van der Waals surface area (Å²) < 4.78 is 7.20. The average molecular weight is 559 g/mol. The molecule has 0 heterocycles. The first-order chi connectivity index (χ1) is 15.3. The summed E-state index contributed by atoms with van der Waals surface area (Å²) in [5.41, 5.74) is 6.41. The van der Waals surface area contributed by atoms with Crippen LogP contribution in [0.2, 0.25) is 0 Å². The summed E-state index contributed by atoms with van der Waals surface area (Å²) in [6.45, 7) is 3.75. The van der Waals surface area contributed by atoms with Crippen LogP contribution in [0.25, 0.3) is 0 Å². The highest BCUT2D eigenvalue weighted by Crippen LogP contribution is 2.32. The molecule has 0 fully saturated rings. The molecule has 0 aliphatic carbocycles. The highest BCUT2D eigenvalue weighted by Gasteiger charge is 2.13. The zero-order chi connectivity index (χ0) is 23.1. The molecule has 0 bridgehead atoms. The third kappa shape index (κ3) is 6.51. The predicted molar refractivity (Wildman–Crippen MR) is 133 cm³/mol. The van der Waals surface area contributed by atoms with Crippen LogP contribution in [0.3, 0.4) is 0 Å². The van der Waals surface area contributed by atoms with Crippen molar-refractivity contribution < 1.29 is 14.3 Å². The molecule has 2 N–H and O–H groups in total. The zero-order valence-electron chi connectivity index (χ0n) is 17.5. The number of hydrogen-bond acceptors (Lipinski definition) is 4. The van der Waals surface area contributed by atoms with E-state index in [1.165, 1.54) is 6.21 Å². The maximum absolute atomic E-state index is 12.4. The molecule has 3 aromatic rings. The Balaban J connectivity index is 1.68. The Hall–Kier alpha value is -2.97. The molecular formula is C24H21Br2N3O3. The van der Waals surface area contributed by atoms with Gasteiger partial charge >= 0.3 is 0 Å². The van der Waals surface area contributed by atoms with E-state index in [1.54, 1.807) is 36.4 Å². The van der Waals surface area contributed by atoms with Gasteiger partial charge in [-0.1, -0.05) is 51.8 Å². The van der Waals surface area contributed by atoms with Crippen LogP contribution in [0.15, 0.2) is 74.7 Å². The fourth-order valence-electron chi connectivity index (χ4n) is 2.92. The van der Waals surface area contributed by atoms with Crippen molar-refractivity contribution in [3.8, 4) is 5.75 Å². The lowest BCUT2D eigenvalue weighted by Crippen LogP contribution is -2.21. The Bertz CT molecular complexity index is 1160. The first-order valence-electron chi connectivity index (χ1n) is 9.71. The van der Waals surface area contributed by atoms with Gasteiger partial charge < -0.3 is 10.1 Å². The lowest BCUT2D eigenvalue weighted by atomic mass is 10.1. The second-order valence-corrected chi connectivity index (χ2v) is 8.80. The third-order valence-corrected chi connectivity index (χ3v) is 5.49.